The van der Waals surface area contributed by atoms with Gasteiger partial charge in [0.1, 0.15) is 48.8 Å². The van der Waals surface area contributed by atoms with Crippen LogP contribution in [0, 0.1) is 23.7 Å². The van der Waals surface area contributed by atoms with Crippen molar-refractivity contribution in [1.29, 1.82) is 0 Å². The maximum absolute atomic E-state index is 10.2. The third-order valence-corrected chi connectivity index (χ3v) is 7.13. The highest BCUT2D eigenvalue weighted by Gasteiger charge is 2.42. The number of aliphatic hydroxyl groups is 9. The van der Waals surface area contributed by atoms with E-state index in [2.05, 4.69) is 23.7 Å². The summed E-state index contributed by atoms with van der Waals surface area (Å²) in [5, 5.41) is 89.5. The van der Waals surface area contributed by atoms with Gasteiger partial charge in [-0.1, -0.05) is 35.8 Å². The van der Waals surface area contributed by atoms with Crippen molar-refractivity contribution in [3.8, 4) is 23.7 Å². The van der Waals surface area contributed by atoms with Crippen LogP contribution in [-0.2, 0) is 11.8 Å². The van der Waals surface area contributed by atoms with Crippen LogP contribution in [0.25, 0.3) is 21.8 Å². The summed E-state index contributed by atoms with van der Waals surface area (Å²) in [7, 11) is 1.88. The second-order valence-corrected chi connectivity index (χ2v) is 9.85. The SMILES string of the molecule is Cn1c2cc(C#CCC(O)C(O)C(O)C(O)CO)ccc2c2ccc(C#CC3OC(CO)C(O)C(O)C3O)cc21. The first-order valence-electron chi connectivity index (χ1n) is 12.7. The van der Waals surface area contributed by atoms with Crippen molar-refractivity contribution < 1.29 is 50.7 Å². The normalized spacial score (nSPS) is 25.9. The number of hydrogen-bond acceptors (Lipinski definition) is 10. The molecule has 0 aliphatic carbocycles. The van der Waals surface area contributed by atoms with E-state index in [9.17, 15) is 40.9 Å². The minimum Gasteiger partial charge on any atom is -0.394 e. The van der Waals surface area contributed by atoms with Gasteiger partial charge in [0.05, 0.1) is 30.4 Å². The Bertz CT molecular complexity index is 1460. The van der Waals surface area contributed by atoms with Gasteiger partial charge in [-0.05, 0) is 24.3 Å². The molecule has 2 heterocycles. The number of fused-ring (bicyclic) bond motifs is 3. The lowest BCUT2D eigenvalue weighted by molar-refractivity contribution is -0.214. The van der Waals surface area contributed by atoms with Gasteiger partial charge in [0.15, 0.2) is 0 Å². The van der Waals surface area contributed by atoms with E-state index in [1.807, 2.05) is 41.9 Å². The van der Waals surface area contributed by atoms with Crippen LogP contribution in [0.4, 0.5) is 0 Å². The molecule has 2 aromatic carbocycles. The van der Waals surface area contributed by atoms with Gasteiger partial charge in [0.2, 0.25) is 0 Å². The van der Waals surface area contributed by atoms with Crippen LogP contribution >= 0.6 is 0 Å². The first-order valence-corrected chi connectivity index (χ1v) is 12.7. The van der Waals surface area contributed by atoms with E-state index in [0.29, 0.717) is 11.1 Å². The predicted octanol–water partition coefficient (Wildman–Crippen LogP) is -2.30. The maximum atomic E-state index is 10.2. The molecule has 1 saturated heterocycles. The first kappa shape index (κ1) is 29.9. The number of aryl methyl sites for hydroxylation is 1. The Morgan fingerprint density at radius 1 is 0.800 bits per heavy atom. The van der Waals surface area contributed by atoms with E-state index in [1.165, 1.54) is 0 Å². The van der Waals surface area contributed by atoms with E-state index >= 15 is 0 Å². The second kappa shape index (κ2) is 12.6. The Morgan fingerprint density at radius 3 is 1.95 bits per heavy atom. The zero-order valence-corrected chi connectivity index (χ0v) is 21.7. The number of nitrogens with zero attached hydrogens (tertiary/aromatic N) is 1. The van der Waals surface area contributed by atoms with Gasteiger partial charge in [-0.25, -0.2) is 0 Å². The van der Waals surface area contributed by atoms with Crippen molar-refractivity contribution in [3.05, 3.63) is 47.5 Å². The van der Waals surface area contributed by atoms with Crippen molar-refractivity contribution in [1.82, 2.24) is 4.57 Å². The standard InChI is InChI=1S/C29H33NO10/c1-30-19-11-15(3-2-4-21(33)25(35)26(36)22(34)13-31)5-8-17(19)18-9-6-16(12-20(18)30)7-10-23-27(37)29(39)28(38)24(14-32)40-23/h5-6,8-9,11-12,21-29,31-39H,4,13-14H2,1H3. The molecule has 0 amide bonds. The average Bonchev–Trinajstić information content (AvgIpc) is 3.24. The Kier molecular flexibility index (Phi) is 9.46. The van der Waals surface area contributed by atoms with Crippen molar-refractivity contribution >= 4 is 21.8 Å². The van der Waals surface area contributed by atoms with Gasteiger partial charge in [-0.2, -0.15) is 0 Å². The summed E-state index contributed by atoms with van der Waals surface area (Å²) in [6, 6.07) is 11.2. The summed E-state index contributed by atoms with van der Waals surface area (Å²) in [5.74, 6) is 11.4. The highest BCUT2D eigenvalue weighted by atomic mass is 16.5. The Morgan fingerprint density at radius 2 is 1.38 bits per heavy atom. The summed E-state index contributed by atoms with van der Waals surface area (Å²) >= 11 is 0. The molecule has 0 radical (unpaired) electrons. The van der Waals surface area contributed by atoms with Crippen LogP contribution in [0.3, 0.4) is 0 Å². The molecule has 0 bridgehead atoms. The molecule has 4 rings (SSSR count). The van der Waals surface area contributed by atoms with Crippen molar-refractivity contribution in [2.75, 3.05) is 13.2 Å². The second-order valence-electron chi connectivity index (χ2n) is 9.85. The smallest absolute Gasteiger partial charge is 0.147 e. The number of aliphatic hydroxyl groups excluding tert-OH is 9. The van der Waals surface area contributed by atoms with Gasteiger partial charge in [-0.15, -0.1) is 0 Å². The van der Waals surface area contributed by atoms with Gasteiger partial charge < -0.3 is 55.3 Å². The van der Waals surface area contributed by atoms with Crippen LogP contribution in [-0.4, -0.2) is 119 Å². The average molecular weight is 556 g/mol. The lowest BCUT2D eigenvalue weighted by Crippen LogP contribution is -2.58. The zero-order valence-electron chi connectivity index (χ0n) is 21.7. The molecule has 214 valence electrons. The first-order chi connectivity index (χ1) is 19.1. The van der Waals surface area contributed by atoms with Crippen LogP contribution < -0.4 is 0 Å². The van der Waals surface area contributed by atoms with Gasteiger partial charge in [0.25, 0.3) is 0 Å². The number of rotatable bonds is 6. The molecule has 40 heavy (non-hydrogen) atoms. The summed E-state index contributed by atoms with van der Waals surface area (Å²) in [4.78, 5) is 0. The van der Waals surface area contributed by atoms with Crippen LogP contribution in [0.1, 0.15) is 17.5 Å². The predicted molar refractivity (Wildman–Crippen MR) is 144 cm³/mol. The largest absolute Gasteiger partial charge is 0.394 e. The Hall–Kier alpha value is -3.04. The highest BCUT2D eigenvalue weighted by molar-refractivity contribution is 6.08. The molecule has 1 aliphatic heterocycles. The van der Waals surface area contributed by atoms with Gasteiger partial charge in [-0.3, -0.25) is 0 Å². The number of hydrogen-bond donors (Lipinski definition) is 9. The van der Waals surface area contributed by atoms with E-state index in [-0.39, 0.29) is 6.42 Å². The molecule has 1 aliphatic rings. The minimum atomic E-state index is -1.71. The molecule has 11 heteroatoms. The monoisotopic (exact) mass is 555 g/mol. The number of aromatic nitrogens is 1. The Balaban J connectivity index is 1.54. The van der Waals surface area contributed by atoms with Gasteiger partial charge >= 0.3 is 0 Å². The summed E-state index contributed by atoms with van der Waals surface area (Å²) in [6.07, 6.45) is -13.1. The molecule has 9 atom stereocenters. The Labute approximate surface area is 230 Å². The molecule has 11 nitrogen and oxygen atoms in total. The number of ether oxygens (including phenoxy) is 1. The lowest BCUT2D eigenvalue weighted by atomic mass is 9.95. The molecule has 1 aromatic heterocycles. The molecular weight excluding hydrogens is 522 g/mol. The van der Waals surface area contributed by atoms with Crippen molar-refractivity contribution in [3.63, 3.8) is 0 Å². The van der Waals surface area contributed by atoms with E-state index in [0.717, 1.165) is 21.8 Å². The molecule has 3 aromatic rings. The van der Waals surface area contributed by atoms with Crippen molar-refractivity contribution in [2.45, 2.75) is 61.4 Å². The molecule has 9 unspecified atom stereocenters. The minimum absolute atomic E-state index is 0.167. The topological polar surface area (TPSA) is 196 Å². The third kappa shape index (κ3) is 6.00. The third-order valence-electron chi connectivity index (χ3n) is 7.13. The van der Waals surface area contributed by atoms with Gasteiger partial charge in [0, 0.05) is 35.4 Å². The van der Waals surface area contributed by atoms with Crippen LogP contribution in [0.2, 0.25) is 0 Å². The number of benzene rings is 2. The molecule has 0 saturated carbocycles. The molecule has 9 N–H and O–H groups in total. The van der Waals surface area contributed by atoms with Crippen molar-refractivity contribution in [2.24, 2.45) is 7.05 Å². The van der Waals surface area contributed by atoms with E-state index < -0.39 is 68.1 Å². The fraction of sp³-hybridized carbons (Fsp3) is 0.448. The van der Waals surface area contributed by atoms with E-state index in [4.69, 9.17) is 9.84 Å². The summed E-state index contributed by atoms with van der Waals surface area (Å²) in [5.41, 5.74) is 3.02. The molecule has 0 spiro atoms. The molecular formula is C29H33NO10. The van der Waals surface area contributed by atoms with Crippen LogP contribution in [0.15, 0.2) is 36.4 Å². The lowest BCUT2D eigenvalue weighted by Gasteiger charge is -2.37. The zero-order chi connectivity index (χ0) is 29.1. The summed E-state index contributed by atoms with van der Waals surface area (Å²) in [6.45, 7) is -1.29. The summed E-state index contributed by atoms with van der Waals surface area (Å²) < 4.78 is 7.41. The fourth-order valence-electron chi connectivity index (χ4n) is 4.68. The van der Waals surface area contributed by atoms with Crippen LogP contribution in [0.5, 0.6) is 0 Å². The maximum Gasteiger partial charge on any atom is 0.147 e. The quantitative estimate of drug-likeness (QED) is 0.149. The molecule has 1 fully saturated rings. The fourth-order valence-corrected chi connectivity index (χ4v) is 4.68. The highest BCUT2D eigenvalue weighted by Crippen LogP contribution is 2.29. The van der Waals surface area contributed by atoms with E-state index in [1.54, 1.807) is 6.07 Å².